The molecule has 6 heteroatoms. The van der Waals surface area contributed by atoms with Gasteiger partial charge in [-0.05, 0) is 48.7 Å². The van der Waals surface area contributed by atoms with Crippen molar-refractivity contribution in [3.05, 3.63) is 53.2 Å². The second-order valence-corrected chi connectivity index (χ2v) is 6.26. The molecule has 0 aliphatic rings. The Labute approximate surface area is 167 Å². The van der Waals surface area contributed by atoms with E-state index in [9.17, 15) is 0 Å². The summed E-state index contributed by atoms with van der Waals surface area (Å²) in [5, 5.41) is 0. The van der Waals surface area contributed by atoms with Crippen molar-refractivity contribution in [3.8, 4) is 11.6 Å². The molecule has 136 valence electrons. The van der Waals surface area contributed by atoms with Gasteiger partial charge < -0.3 is 14.5 Å². The van der Waals surface area contributed by atoms with Crippen molar-refractivity contribution < 1.29 is 4.74 Å². The third kappa shape index (κ3) is 6.19. The van der Waals surface area contributed by atoms with E-state index in [-0.39, 0.29) is 24.0 Å². The monoisotopic (exact) mass is 454 g/mol. The summed E-state index contributed by atoms with van der Waals surface area (Å²) in [7, 11) is 7.94. The molecule has 1 heterocycles. The van der Waals surface area contributed by atoms with Crippen molar-refractivity contribution in [2.75, 3.05) is 28.2 Å². The molecular formula is C19H27IN4O. The van der Waals surface area contributed by atoms with E-state index in [2.05, 4.69) is 29.9 Å². The zero-order valence-corrected chi connectivity index (χ0v) is 18.1. The van der Waals surface area contributed by atoms with Crippen LogP contribution in [0.15, 0.2) is 41.5 Å². The first kappa shape index (κ1) is 21.2. The van der Waals surface area contributed by atoms with E-state index >= 15 is 0 Å². The molecule has 0 bridgehead atoms. The zero-order chi connectivity index (χ0) is 17.7. The highest BCUT2D eigenvalue weighted by atomic mass is 127. The standard InChI is InChI=1S/C19H26N4O.HI/c1-14-7-8-17(11-15(14)2)24-18-12-16(9-10-20-18)13-21-19(22(3)4)23(5)6;/h7-12H,13H2,1-6H3;1H. The number of aliphatic imine (C=N–C) groups is 1. The van der Waals surface area contributed by atoms with Gasteiger partial charge in [-0.2, -0.15) is 0 Å². The first-order valence-corrected chi connectivity index (χ1v) is 7.96. The first-order valence-electron chi connectivity index (χ1n) is 7.96. The van der Waals surface area contributed by atoms with E-state index in [0.29, 0.717) is 12.4 Å². The summed E-state index contributed by atoms with van der Waals surface area (Å²) in [6.07, 6.45) is 1.76. The van der Waals surface area contributed by atoms with Crippen molar-refractivity contribution in [1.29, 1.82) is 0 Å². The maximum atomic E-state index is 5.88. The summed E-state index contributed by atoms with van der Waals surface area (Å²) < 4.78 is 5.88. The van der Waals surface area contributed by atoms with E-state index in [1.165, 1.54) is 11.1 Å². The number of aromatic nitrogens is 1. The van der Waals surface area contributed by atoms with Gasteiger partial charge >= 0.3 is 0 Å². The summed E-state index contributed by atoms with van der Waals surface area (Å²) in [5.41, 5.74) is 3.51. The van der Waals surface area contributed by atoms with Crippen molar-refractivity contribution in [2.45, 2.75) is 20.4 Å². The molecule has 5 nitrogen and oxygen atoms in total. The van der Waals surface area contributed by atoms with Crippen LogP contribution in [0.3, 0.4) is 0 Å². The van der Waals surface area contributed by atoms with E-state index in [1.807, 2.05) is 62.3 Å². The van der Waals surface area contributed by atoms with Crippen LogP contribution in [0.4, 0.5) is 0 Å². The number of rotatable bonds is 4. The highest BCUT2D eigenvalue weighted by Crippen LogP contribution is 2.22. The van der Waals surface area contributed by atoms with Crippen LogP contribution in [0.25, 0.3) is 0 Å². The van der Waals surface area contributed by atoms with Gasteiger partial charge in [-0.25, -0.2) is 9.98 Å². The van der Waals surface area contributed by atoms with Crippen LogP contribution >= 0.6 is 24.0 Å². The SMILES string of the molecule is Cc1ccc(Oc2cc(CN=C(N(C)C)N(C)C)ccn2)cc1C.I. The number of ether oxygens (including phenoxy) is 1. The average Bonchev–Trinajstić information content (AvgIpc) is 2.51. The maximum Gasteiger partial charge on any atom is 0.219 e. The predicted octanol–water partition coefficient (Wildman–Crippen LogP) is 4.09. The molecule has 0 atom stereocenters. The molecule has 0 radical (unpaired) electrons. The van der Waals surface area contributed by atoms with Crippen LogP contribution in [0, 0.1) is 13.8 Å². The Hall–Kier alpha value is -1.83. The third-order valence-electron chi connectivity index (χ3n) is 3.70. The molecule has 1 aromatic carbocycles. The average molecular weight is 454 g/mol. The molecule has 25 heavy (non-hydrogen) atoms. The second kappa shape index (κ2) is 9.60. The van der Waals surface area contributed by atoms with Gasteiger partial charge in [0, 0.05) is 40.5 Å². The van der Waals surface area contributed by atoms with Crippen LogP contribution in [0.2, 0.25) is 0 Å². The summed E-state index contributed by atoms with van der Waals surface area (Å²) in [5.74, 6) is 2.30. The molecule has 0 aliphatic carbocycles. The Kier molecular flexibility index (Phi) is 8.15. The molecule has 0 saturated heterocycles. The van der Waals surface area contributed by atoms with Gasteiger partial charge in [-0.15, -0.1) is 24.0 Å². The molecule has 0 saturated carbocycles. The van der Waals surface area contributed by atoms with Crippen LogP contribution in [-0.4, -0.2) is 48.9 Å². The minimum atomic E-state index is 0. The largest absolute Gasteiger partial charge is 0.439 e. The Morgan fingerprint density at radius 3 is 2.28 bits per heavy atom. The van der Waals surface area contributed by atoms with Crippen LogP contribution in [-0.2, 0) is 6.54 Å². The summed E-state index contributed by atoms with van der Waals surface area (Å²) in [6.45, 7) is 4.74. The zero-order valence-electron chi connectivity index (χ0n) is 15.8. The highest BCUT2D eigenvalue weighted by molar-refractivity contribution is 14.0. The molecule has 0 unspecified atom stereocenters. The quantitative estimate of drug-likeness (QED) is 0.397. The smallest absolute Gasteiger partial charge is 0.219 e. The second-order valence-electron chi connectivity index (χ2n) is 6.26. The fraction of sp³-hybridized carbons (Fsp3) is 0.368. The Bertz CT molecular complexity index is 719. The van der Waals surface area contributed by atoms with E-state index < -0.39 is 0 Å². The number of pyridine rings is 1. The van der Waals surface area contributed by atoms with Gasteiger partial charge in [0.2, 0.25) is 5.88 Å². The molecule has 2 rings (SSSR count). The molecular weight excluding hydrogens is 427 g/mol. The minimum absolute atomic E-state index is 0. The lowest BCUT2D eigenvalue weighted by Gasteiger charge is -2.22. The number of benzene rings is 1. The van der Waals surface area contributed by atoms with Gasteiger partial charge in [0.15, 0.2) is 5.96 Å². The normalized spacial score (nSPS) is 9.84. The van der Waals surface area contributed by atoms with E-state index in [4.69, 9.17) is 4.74 Å². The van der Waals surface area contributed by atoms with Crippen LogP contribution in [0.5, 0.6) is 11.6 Å². The lowest BCUT2D eigenvalue weighted by molar-refractivity contribution is 0.461. The molecule has 0 N–H and O–H groups in total. The highest BCUT2D eigenvalue weighted by Gasteiger charge is 2.05. The number of guanidine groups is 1. The number of aryl methyl sites for hydroxylation is 2. The van der Waals surface area contributed by atoms with Gasteiger partial charge in [0.05, 0.1) is 6.54 Å². The fourth-order valence-electron chi connectivity index (χ4n) is 2.35. The van der Waals surface area contributed by atoms with Gasteiger partial charge in [0.25, 0.3) is 0 Å². The molecule has 0 spiro atoms. The Balaban J connectivity index is 0.00000312. The number of halogens is 1. The van der Waals surface area contributed by atoms with Gasteiger partial charge in [-0.1, -0.05) is 6.07 Å². The first-order chi connectivity index (χ1) is 11.4. The topological polar surface area (TPSA) is 41.0 Å². The van der Waals surface area contributed by atoms with Crippen molar-refractivity contribution in [1.82, 2.24) is 14.8 Å². The Morgan fingerprint density at radius 1 is 1.00 bits per heavy atom. The lowest BCUT2D eigenvalue weighted by atomic mass is 10.1. The summed E-state index contributed by atoms with van der Waals surface area (Å²) in [6, 6.07) is 9.93. The predicted molar refractivity (Wildman–Crippen MR) is 114 cm³/mol. The molecule has 2 aromatic rings. The number of nitrogens with zero attached hydrogens (tertiary/aromatic N) is 4. The molecule has 0 amide bonds. The molecule has 0 aliphatic heterocycles. The summed E-state index contributed by atoms with van der Waals surface area (Å²) in [4.78, 5) is 12.9. The van der Waals surface area contributed by atoms with Gasteiger partial charge in [-0.3, -0.25) is 0 Å². The molecule has 0 fully saturated rings. The Morgan fingerprint density at radius 2 is 1.68 bits per heavy atom. The van der Waals surface area contributed by atoms with Crippen molar-refractivity contribution in [3.63, 3.8) is 0 Å². The minimum Gasteiger partial charge on any atom is -0.439 e. The summed E-state index contributed by atoms with van der Waals surface area (Å²) >= 11 is 0. The van der Waals surface area contributed by atoms with Crippen molar-refractivity contribution in [2.24, 2.45) is 4.99 Å². The fourth-order valence-corrected chi connectivity index (χ4v) is 2.35. The maximum absolute atomic E-state index is 5.88. The van der Waals surface area contributed by atoms with E-state index in [1.54, 1.807) is 6.20 Å². The lowest BCUT2D eigenvalue weighted by Crippen LogP contribution is -2.35. The van der Waals surface area contributed by atoms with E-state index in [0.717, 1.165) is 17.3 Å². The molecule has 1 aromatic heterocycles. The van der Waals surface area contributed by atoms with Crippen LogP contribution in [0.1, 0.15) is 16.7 Å². The van der Waals surface area contributed by atoms with Crippen molar-refractivity contribution >= 4 is 29.9 Å². The third-order valence-corrected chi connectivity index (χ3v) is 3.70. The number of hydrogen-bond donors (Lipinski definition) is 0. The van der Waals surface area contributed by atoms with Gasteiger partial charge in [0.1, 0.15) is 5.75 Å². The number of hydrogen-bond acceptors (Lipinski definition) is 3. The van der Waals surface area contributed by atoms with Crippen LogP contribution < -0.4 is 4.74 Å².